The average Bonchev–Trinajstić information content (AvgIpc) is 2.54. The maximum Gasteiger partial charge on any atom is 0.358 e. The van der Waals surface area contributed by atoms with Gasteiger partial charge in [0.2, 0.25) is 0 Å². The van der Waals surface area contributed by atoms with E-state index in [2.05, 4.69) is 9.84 Å². The maximum atomic E-state index is 12.4. The van der Waals surface area contributed by atoms with Gasteiger partial charge in [-0.3, -0.25) is 0 Å². The number of nitrogens with zero attached hydrogens (tertiary/aromatic N) is 2. The summed E-state index contributed by atoms with van der Waals surface area (Å²) in [5.41, 5.74) is 0.273. The zero-order valence-corrected chi connectivity index (χ0v) is 8.89. The van der Waals surface area contributed by atoms with Crippen molar-refractivity contribution in [1.29, 1.82) is 0 Å². The summed E-state index contributed by atoms with van der Waals surface area (Å²) in [6.45, 7) is -1.38. The van der Waals surface area contributed by atoms with E-state index in [4.69, 9.17) is 11.6 Å². The molecule has 0 aliphatic rings. The van der Waals surface area contributed by atoms with Crippen molar-refractivity contribution in [3.05, 3.63) is 17.0 Å². The standard InChI is InChI=1S/C8H9ClF2N2O2/c1-4-5(3-9)6(7(14)15-2)12-13(4)8(10)11/h8H,3H2,1-2H3. The fraction of sp³-hybridized carbons (Fsp3) is 0.500. The van der Waals surface area contributed by atoms with Crippen molar-refractivity contribution >= 4 is 17.6 Å². The molecule has 1 aromatic rings. The zero-order valence-electron chi connectivity index (χ0n) is 8.13. The molecule has 1 rings (SSSR count). The van der Waals surface area contributed by atoms with Gasteiger partial charge in [-0.2, -0.15) is 13.9 Å². The number of halogens is 3. The summed E-state index contributed by atoms with van der Waals surface area (Å²) >= 11 is 5.55. The lowest BCUT2D eigenvalue weighted by atomic mass is 10.2. The molecule has 0 saturated heterocycles. The predicted octanol–water partition coefficient (Wildman–Crippen LogP) is 2.11. The molecule has 0 aromatic carbocycles. The van der Waals surface area contributed by atoms with Crippen LogP contribution >= 0.6 is 11.6 Å². The Morgan fingerprint density at radius 1 is 1.67 bits per heavy atom. The van der Waals surface area contributed by atoms with Gasteiger partial charge < -0.3 is 4.74 Å². The molecule has 1 aromatic heterocycles. The summed E-state index contributed by atoms with van der Waals surface area (Å²) in [4.78, 5) is 11.2. The molecular formula is C8H9ClF2N2O2. The van der Waals surface area contributed by atoms with E-state index in [1.165, 1.54) is 6.92 Å². The van der Waals surface area contributed by atoms with Crippen LogP contribution in [-0.2, 0) is 10.6 Å². The molecule has 0 saturated carbocycles. The molecule has 1 heterocycles. The number of carbonyl (C=O) groups excluding carboxylic acids is 1. The van der Waals surface area contributed by atoms with Gasteiger partial charge in [-0.1, -0.05) is 0 Å². The maximum absolute atomic E-state index is 12.4. The summed E-state index contributed by atoms with van der Waals surface area (Å²) in [5.74, 6) is -0.837. The topological polar surface area (TPSA) is 44.1 Å². The highest BCUT2D eigenvalue weighted by atomic mass is 35.5. The van der Waals surface area contributed by atoms with E-state index in [0.29, 0.717) is 4.68 Å². The highest BCUT2D eigenvalue weighted by Gasteiger charge is 2.23. The van der Waals surface area contributed by atoms with Gasteiger partial charge in [0, 0.05) is 11.3 Å². The molecule has 0 unspecified atom stereocenters. The lowest BCUT2D eigenvalue weighted by molar-refractivity contribution is 0.0507. The number of alkyl halides is 3. The SMILES string of the molecule is COC(=O)c1nn(C(F)F)c(C)c1CCl. The summed E-state index contributed by atoms with van der Waals surface area (Å²) < 4.78 is 29.7. The minimum absolute atomic E-state index is 0.0665. The minimum Gasteiger partial charge on any atom is -0.464 e. The van der Waals surface area contributed by atoms with Gasteiger partial charge >= 0.3 is 12.5 Å². The van der Waals surface area contributed by atoms with Crippen LogP contribution in [0, 0.1) is 6.92 Å². The number of esters is 1. The average molecular weight is 239 g/mol. The highest BCUT2D eigenvalue weighted by Crippen LogP contribution is 2.21. The van der Waals surface area contributed by atoms with Gasteiger partial charge in [0.1, 0.15) is 0 Å². The number of aromatic nitrogens is 2. The highest BCUT2D eigenvalue weighted by molar-refractivity contribution is 6.17. The van der Waals surface area contributed by atoms with Crippen molar-refractivity contribution in [3.8, 4) is 0 Å². The molecule has 4 nitrogen and oxygen atoms in total. The quantitative estimate of drug-likeness (QED) is 0.598. The molecule has 0 amide bonds. The van der Waals surface area contributed by atoms with E-state index in [0.717, 1.165) is 7.11 Å². The predicted molar refractivity (Wildman–Crippen MR) is 49.1 cm³/mol. The number of ether oxygens (including phenoxy) is 1. The monoisotopic (exact) mass is 238 g/mol. The first-order valence-corrected chi connectivity index (χ1v) is 4.56. The van der Waals surface area contributed by atoms with Crippen LogP contribution < -0.4 is 0 Å². The van der Waals surface area contributed by atoms with E-state index < -0.39 is 12.5 Å². The van der Waals surface area contributed by atoms with Crippen LogP contribution in [0.1, 0.15) is 28.3 Å². The Morgan fingerprint density at radius 3 is 2.67 bits per heavy atom. The molecule has 0 atom stereocenters. The molecule has 0 fully saturated rings. The van der Waals surface area contributed by atoms with Gasteiger partial charge in [0.25, 0.3) is 0 Å². The van der Waals surface area contributed by atoms with Gasteiger partial charge in [-0.15, -0.1) is 11.6 Å². The fourth-order valence-corrected chi connectivity index (χ4v) is 1.48. The Kier molecular flexibility index (Phi) is 3.62. The Hall–Kier alpha value is -1.17. The first-order valence-electron chi connectivity index (χ1n) is 4.03. The van der Waals surface area contributed by atoms with Crippen molar-refractivity contribution in [1.82, 2.24) is 9.78 Å². The van der Waals surface area contributed by atoms with E-state index in [1.54, 1.807) is 0 Å². The number of hydrogen-bond acceptors (Lipinski definition) is 3. The minimum atomic E-state index is -2.80. The van der Waals surface area contributed by atoms with Gasteiger partial charge in [-0.05, 0) is 6.92 Å². The molecule has 84 valence electrons. The van der Waals surface area contributed by atoms with Crippen LogP contribution in [-0.4, -0.2) is 22.9 Å². The first-order chi connectivity index (χ1) is 7.02. The second kappa shape index (κ2) is 4.57. The molecule has 0 aliphatic carbocycles. The van der Waals surface area contributed by atoms with E-state index >= 15 is 0 Å². The Labute approximate surface area is 89.8 Å². The van der Waals surface area contributed by atoms with Gasteiger partial charge in [0.05, 0.1) is 13.0 Å². The Morgan fingerprint density at radius 2 is 2.27 bits per heavy atom. The van der Waals surface area contributed by atoms with Crippen molar-refractivity contribution in [2.24, 2.45) is 0 Å². The fourth-order valence-electron chi connectivity index (χ4n) is 1.16. The zero-order chi connectivity index (χ0) is 11.6. The van der Waals surface area contributed by atoms with Gasteiger partial charge in [-0.25, -0.2) is 9.48 Å². The summed E-state index contributed by atoms with van der Waals surface area (Å²) in [7, 11) is 1.15. The molecule has 0 bridgehead atoms. The molecule has 7 heteroatoms. The molecular weight excluding hydrogens is 230 g/mol. The van der Waals surface area contributed by atoms with Crippen molar-refractivity contribution in [2.45, 2.75) is 19.4 Å². The molecule has 15 heavy (non-hydrogen) atoms. The van der Waals surface area contributed by atoms with Crippen LogP contribution in [0.4, 0.5) is 8.78 Å². The van der Waals surface area contributed by atoms with Crippen molar-refractivity contribution < 1.29 is 18.3 Å². The van der Waals surface area contributed by atoms with Crippen LogP contribution in [0.25, 0.3) is 0 Å². The summed E-state index contributed by atoms with van der Waals surface area (Å²) in [6, 6.07) is 0. The van der Waals surface area contributed by atoms with Crippen LogP contribution in [0.2, 0.25) is 0 Å². The summed E-state index contributed by atoms with van der Waals surface area (Å²) in [6.07, 6.45) is 0. The molecule has 0 N–H and O–H groups in total. The number of rotatable bonds is 3. The number of methoxy groups -OCH3 is 1. The lowest BCUT2D eigenvalue weighted by Gasteiger charge is -2.00. The molecule has 0 aliphatic heterocycles. The third kappa shape index (κ3) is 2.09. The first kappa shape index (κ1) is 11.9. The van der Waals surface area contributed by atoms with Crippen LogP contribution in [0.15, 0.2) is 0 Å². The normalized spacial score (nSPS) is 10.8. The summed E-state index contributed by atoms with van der Waals surface area (Å²) in [5, 5.41) is 3.46. The van der Waals surface area contributed by atoms with E-state index in [-0.39, 0.29) is 22.8 Å². The van der Waals surface area contributed by atoms with Crippen LogP contribution in [0.5, 0.6) is 0 Å². The molecule has 0 radical (unpaired) electrons. The lowest BCUT2D eigenvalue weighted by Crippen LogP contribution is -2.06. The smallest absolute Gasteiger partial charge is 0.358 e. The van der Waals surface area contributed by atoms with Crippen molar-refractivity contribution in [2.75, 3.05) is 7.11 Å². The van der Waals surface area contributed by atoms with Crippen LogP contribution in [0.3, 0.4) is 0 Å². The number of carbonyl (C=O) groups is 1. The van der Waals surface area contributed by atoms with E-state index in [9.17, 15) is 13.6 Å². The van der Waals surface area contributed by atoms with Crippen molar-refractivity contribution in [3.63, 3.8) is 0 Å². The largest absolute Gasteiger partial charge is 0.464 e. The Balaban J connectivity index is 3.27. The molecule has 0 spiro atoms. The second-order valence-corrected chi connectivity index (χ2v) is 3.03. The third-order valence-corrected chi connectivity index (χ3v) is 2.24. The Bertz CT molecular complexity index is 379. The second-order valence-electron chi connectivity index (χ2n) is 2.76. The van der Waals surface area contributed by atoms with Gasteiger partial charge in [0.15, 0.2) is 5.69 Å². The third-order valence-electron chi connectivity index (χ3n) is 1.97. The van der Waals surface area contributed by atoms with E-state index in [1.807, 2.05) is 0 Å². The number of hydrogen-bond donors (Lipinski definition) is 0.